The van der Waals surface area contributed by atoms with Crippen molar-refractivity contribution in [3.8, 4) is 0 Å². The summed E-state index contributed by atoms with van der Waals surface area (Å²) < 4.78 is 26.3. The number of hydrogen-bond acceptors (Lipinski definition) is 4. The van der Waals surface area contributed by atoms with Crippen molar-refractivity contribution in [3.63, 3.8) is 0 Å². The van der Waals surface area contributed by atoms with Gasteiger partial charge in [0.2, 0.25) is 21.8 Å². The third-order valence-electron chi connectivity index (χ3n) is 4.94. The Morgan fingerprint density at radius 3 is 2.41 bits per heavy atom. The van der Waals surface area contributed by atoms with Gasteiger partial charge in [0.15, 0.2) is 0 Å². The Kier molecular flexibility index (Phi) is 6.04. The summed E-state index contributed by atoms with van der Waals surface area (Å²) >= 11 is 0. The number of amides is 2. The van der Waals surface area contributed by atoms with Crippen molar-refractivity contribution < 1.29 is 18.0 Å². The summed E-state index contributed by atoms with van der Waals surface area (Å²) in [5.74, 6) is -0.333. The van der Waals surface area contributed by atoms with E-state index in [0.29, 0.717) is 18.7 Å². The second-order valence-electron chi connectivity index (χ2n) is 7.27. The van der Waals surface area contributed by atoms with Gasteiger partial charge in [-0.25, -0.2) is 8.42 Å². The van der Waals surface area contributed by atoms with Crippen molar-refractivity contribution in [2.75, 3.05) is 30.4 Å². The highest BCUT2D eigenvalue weighted by atomic mass is 32.2. The number of aryl methyl sites for hydroxylation is 2. The van der Waals surface area contributed by atoms with Crippen molar-refractivity contribution in [3.05, 3.63) is 53.6 Å². The molecule has 1 aliphatic rings. The fraction of sp³-hybridized carbons (Fsp3) is 0.333. The smallest absolute Gasteiger partial charge is 0.243 e. The molecule has 1 heterocycles. The molecule has 0 spiro atoms. The third-order valence-corrected chi connectivity index (χ3v) is 6.76. The number of anilines is 2. The Bertz CT molecular complexity index is 1030. The Hall–Kier alpha value is -2.71. The second kappa shape index (κ2) is 8.34. The summed E-state index contributed by atoms with van der Waals surface area (Å²) in [6, 6.07) is 11.8. The number of nitrogens with zero attached hydrogens (tertiary/aromatic N) is 2. The number of carbonyl (C=O) groups excluding carboxylic acids is 2. The molecule has 29 heavy (non-hydrogen) atoms. The first-order valence-corrected chi connectivity index (χ1v) is 10.9. The highest BCUT2D eigenvalue weighted by Gasteiger charge is 2.24. The Morgan fingerprint density at radius 1 is 1.14 bits per heavy atom. The topological polar surface area (TPSA) is 86.8 Å². The van der Waals surface area contributed by atoms with Crippen LogP contribution < -0.4 is 10.2 Å². The Balaban J connectivity index is 1.66. The minimum atomic E-state index is -3.75. The number of rotatable bonds is 6. The lowest BCUT2D eigenvalue weighted by molar-refractivity contribution is -0.117. The number of hydrogen-bond donors (Lipinski definition) is 1. The molecule has 154 valence electrons. The molecule has 2 aromatic rings. The molecule has 3 rings (SSSR count). The van der Waals surface area contributed by atoms with E-state index in [0.717, 1.165) is 27.5 Å². The third kappa shape index (κ3) is 4.65. The molecule has 0 bridgehead atoms. The maximum Gasteiger partial charge on any atom is 0.243 e. The van der Waals surface area contributed by atoms with Gasteiger partial charge in [-0.1, -0.05) is 17.7 Å². The lowest BCUT2D eigenvalue weighted by Gasteiger charge is -2.20. The molecule has 0 radical (unpaired) electrons. The highest BCUT2D eigenvalue weighted by Crippen LogP contribution is 2.27. The molecule has 2 aromatic carbocycles. The molecule has 0 unspecified atom stereocenters. The molecule has 0 saturated carbocycles. The largest absolute Gasteiger partial charge is 0.325 e. The molecule has 7 nitrogen and oxygen atoms in total. The highest BCUT2D eigenvalue weighted by molar-refractivity contribution is 7.89. The molecule has 8 heteroatoms. The van der Waals surface area contributed by atoms with Crippen molar-refractivity contribution in [2.24, 2.45) is 0 Å². The van der Waals surface area contributed by atoms with Crippen LogP contribution >= 0.6 is 0 Å². The summed E-state index contributed by atoms with van der Waals surface area (Å²) in [6.07, 6.45) is 1.40. The summed E-state index contributed by atoms with van der Waals surface area (Å²) in [5.41, 5.74) is 3.23. The second-order valence-corrected chi connectivity index (χ2v) is 9.32. The van der Waals surface area contributed by atoms with Crippen molar-refractivity contribution in [1.82, 2.24) is 4.31 Å². The minimum absolute atomic E-state index is 0.104. The SMILES string of the molecule is Cc1ccc(S(=O)(=O)N(C)CC(=O)Nc2ccc(N3CCCC3=O)c(C)c2)cc1. The molecule has 0 aromatic heterocycles. The van der Waals surface area contributed by atoms with Crippen LogP contribution in [0, 0.1) is 13.8 Å². The van der Waals surface area contributed by atoms with E-state index in [-0.39, 0.29) is 17.3 Å². The van der Waals surface area contributed by atoms with Gasteiger partial charge < -0.3 is 10.2 Å². The van der Waals surface area contributed by atoms with Gasteiger partial charge in [-0.15, -0.1) is 0 Å². The number of nitrogens with one attached hydrogen (secondary N) is 1. The average molecular weight is 416 g/mol. The summed E-state index contributed by atoms with van der Waals surface area (Å²) in [4.78, 5) is 26.2. The van der Waals surface area contributed by atoms with Gasteiger partial charge in [0.05, 0.1) is 11.4 Å². The molecule has 1 N–H and O–H groups in total. The summed E-state index contributed by atoms with van der Waals surface area (Å²) in [7, 11) is -2.37. The molecule has 1 fully saturated rings. The lowest BCUT2D eigenvalue weighted by atomic mass is 10.1. The summed E-state index contributed by atoms with van der Waals surface area (Å²) in [6.45, 7) is 4.15. The molecule has 0 atom stereocenters. The number of sulfonamides is 1. The molecule has 1 saturated heterocycles. The van der Waals surface area contributed by atoms with Crippen LogP contribution in [0.1, 0.15) is 24.0 Å². The van der Waals surface area contributed by atoms with Gasteiger partial charge in [0.1, 0.15) is 0 Å². The number of benzene rings is 2. The van der Waals surface area contributed by atoms with E-state index in [1.54, 1.807) is 35.2 Å². The zero-order chi connectivity index (χ0) is 21.2. The van der Waals surface area contributed by atoms with E-state index < -0.39 is 15.9 Å². The van der Waals surface area contributed by atoms with Crippen molar-refractivity contribution in [2.45, 2.75) is 31.6 Å². The molecule has 1 aliphatic heterocycles. The fourth-order valence-corrected chi connectivity index (χ4v) is 4.44. The van der Waals surface area contributed by atoms with Gasteiger partial charge in [-0.05, 0) is 56.2 Å². The minimum Gasteiger partial charge on any atom is -0.325 e. The zero-order valence-electron chi connectivity index (χ0n) is 16.8. The lowest BCUT2D eigenvalue weighted by Crippen LogP contribution is -2.35. The van der Waals surface area contributed by atoms with Crippen LogP contribution in [0.2, 0.25) is 0 Å². The van der Waals surface area contributed by atoms with Crippen molar-refractivity contribution in [1.29, 1.82) is 0 Å². The Morgan fingerprint density at radius 2 is 1.83 bits per heavy atom. The van der Waals surface area contributed by atoms with E-state index in [2.05, 4.69) is 5.32 Å². The maximum atomic E-state index is 12.6. The van der Waals surface area contributed by atoms with E-state index in [4.69, 9.17) is 0 Å². The van der Waals surface area contributed by atoms with Crippen LogP contribution in [0.3, 0.4) is 0 Å². The van der Waals surface area contributed by atoms with Crippen LogP contribution in [0.4, 0.5) is 11.4 Å². The van der Waals surface area contributed by atoms with Crippen LogP contribution in [-0.4, -0.2) is 44.7 Å². The number of carbonyl (C=O) groups is 2. The van der Waals surface area contributed by atoms with Crippen LogP contribution in [-0.2, 0) is 19.6 Å². The number of likely N-dealkylation sites (N-methyl/N-ethyl adjacent to an activating group) is 1. The van der Waals surface area contributed by atoms with Gasteiger partial charge in [-0.3, -0.25) is 9.59 Å². The van der Waals surface area contributed by atoms with E-state index in [1.807, 2.05) is 13.8 Å². The average Bonchev–Trinajstić information content (AvgIpc) is 3.07. The quantitative estimate of drug-likeness (QED) is 0.786. The first-order chi connectivity index (χ1) is 13.7. The molecule has 0 aliphatic carbocycles. The predicted molar refractivity (Wildman–Crippen MR) is 112 cm³/mol. The van der Waals surface area contributed by atoms with E-state index in [1.165, 1.54) is 19.2 Å². The zero-order valence-corrected chi connectivity index (χ0v) is 17.6. The first kappa shape index (κ1) is 21.0. The molecule has 2 amide bonds. The van der Waals surface area contributed by atoms with Crippen LogP contribution in [0.15, 0.2) is 47.4 Å². The van der Waals surface area contributed by atoms with Crippen LogP contribution in [0.5, 0.6) is 0 Å². The maximum absolute atomic E-state index is 12.6. The van der Waals surface area contributed by atoms with E-state index >= 15 is 0 Å². The first-order valence-electron chi connectivity index (χ1n) is 9.42. The fourth-order valence-electron chi connectivity index (χ4n) is 3.32. The predicted octanol–water partition coefficient (Wildman–Crippen LogP) is 2.69. The summed E-state index contributed by atoms with van der Waals surface area (Å²) in [5, 5.41) is 2.73. The monoisotopic (exact) mass is 415 g/mol. The van der Waals surface area contributed by atoms with Gasteiger partial charge >= 0.3 is 0 Å². The van der Waals surface area contributed by atoms with Crippen LogP contribution in [0.25, 0.3) is 0 Å². The normalized spacial score (nSPS) is 14.5. The molecular weight excluding hydrogens is 390 g/mol. The van der Waals surface area contributed by atoms with Gasteiger partial charge in [0.25, 0.3) is 0 Å². The van der Waals surface area contributed by atoms with Gasteiger partial charge in [0, 0.05) is 31.4 Å². The Labute approximate surface area is 171 Å². The standard InChI is InChI=1S/C21H25N3O4S/c1-15-6-9-18(10-7-15)29(27,28)23(3)14-20(25)22-17-8-11-19(16(2)13-17)24-12-4-5-21(24)26/h6-11,13H,4-5,12,14H2,1-3H3,(H,22,25). The van der Waals surface area contributed by atoms with Gasteiger partial charge in [-0.2, -0.15) is 4.31 Å². The van der Waals surface area contributed by atoms with E-state index in [9.17, 15) is 18.0 Å². The molecular formula is C21H25N3O4S. The van der Waals surface area contributed by atoms with Crippen molar-refractivity contribution >= 4 is 33.2 Å².